The maximum Gasteiger partial charge on any atom is 0.335 e. The number of carboxylic acids is 1. The average molecular weight is 395 g/mol. The summed E-state index contributed by atoms with van der Waals surface area (Å²) in [5.74, 6) is -1.07. The molecule has 8 nitrogen and oxygen atoms in total. The number of aromatic carboxylic acids is 1. The number of halogens is 1. The highest BCUT2D eigenvalue weighted by Gasteiger charge is 2.18. The van der Waals surface area contributed by atoms with Crippen molar-refractivity contribution in [1.82, 2.24) is 14.8 Å². The van der Waals surface area contributed by atoms with Gasteiger partial charge in [-0.2, -0.15) is 5.10 Å². The van der Waals surface area contributed by atoms with E-state index in [-0.39, 0.29) is 40.5 Å². The number of rotatable bonds is 5. The molecule has 0 unspecified atom stereocenters. The minimum absolute atomic E-state index is 0.0168. The van der Waals surface area contributed by atoms with E-state index in [1.807, 2.05) is 0 Å². The number of carbonyl (C=O) groups is 1. The molecule has 2 heterocycles. The molecule has 0 atom stereocenters. The summed E-state index contributed by atoms with van der Waals surface area (Å²) in [5, 5.41) is 13.4. The van der Waals surface area contributed by atoms with Crippen molar-refractivity contribution in [3.63, 3.8) is 0 Å². The second-order valence-corrected chi connectivity index (χ2v) is 6.25. The fourth-order valence-electron chi connectivity index (χ4n) is 2.86. The van der Waals surface area contributed by atoms with E-state index in [1.54, 1.807) is 7.05 Å². The zero-order chi connectivity index (χ0) is 20.5. The van der Waals surface area contributed by atoms with Crippen LogP contribution in [-0.4, -0.2) is 25.8 Å². The monoisotopic (exact) mass is 395 g/mol. The average Bonchev–Trinajstić information content (AvgIpc) is 3.12. The third kappa shape index (κ3) is 3.57. The van der Waals surface area contributed by atoms with E-state index >= 15 is 0 Å². The van der Waals surface area contributed by atoms with Crippen LogP contribution in [0, 0.1) is 5.82 Å². The molecule has 0 aliphatic rings. The van der Waals surface area contributed by atoms with E-state index in [4.69, 9.17) is 9.15 Å². The van der Waals surface area contributed by atoms with Crippen LogP contribution < -0.4 is 10.2 Å². The zero-order valence-corrected chi connectivity index (χ0v) is 15.1. The van der Waals surface area contributed by atoms with Crippen molar-refractivity contribution in [2.75, 3.05) is 0 Å². The van der Waals surface area contributed by atoms with Crippen molar-refractivity contribution in [2.45, 2.75) is 6.61 Å². The van der Waals surface area contributed by atoms with Gasteiger partial charge in [0, 0.05) is 13.1 Å². The second-order valence-electron chi connectivity index (χ2n) is 6.25. The summed E-state index contributed by atoms with van der Waals surface area (Å²) in [5.41, 5.74) is 0.171. The molecule has 0 saturated heterocycles. The van der Waals surface area contributed by atoms with E-state index in [0.29, 0.717) is 11.4 Å². The molecule has 9 heteroatoms. The van der Waals surface area contributed by atoms with Gasteiger partial charge in [-0.1, -0.05) is 12.1 Å². The van der Waals surface area contributed by atoms with Gasteiger partial charge >= 0.3 is 5.97 Å². The number of aromatic nitrogens is 3. The predicted octanol–water partition coefficient (Wildman–Crippen LogP) is 3.00. The molecular weight excluding hydrogens is 381 g/mol. The van der Waals surface area contributed by atoms with Crippen molar-refractivity contribution >= 4 is 16.9 Å². The van der Waals surface area contributed by atoms with Crippen LogP contribution in [0.3, 0.4) is 0 Å². The molecule has 4 aromatic rings. The van der Waals surface area contributed by atoms with Crippen molar-refractivity contribution in [1.29, 1.82) is 0 Å². The lowest BCUT2D eigenvalue weighted by molar-refractivity contribution is 0.0696. The number of ether oxygens (including phenoxy) is 1. The summed E-state index contributed by atoms with van der Waals surface area (Å²) in [7, 11) is 1.64. The molecule has 0 fully saturated rings. The number of carboxylic acid groups (broad SMARTS) is 1. The molecule has 2 aromatic heterocycles. The van der Waals surface area contributed by atoms with Crippen molar-refractivity contribution in [3.8, 4) is 17.3 Å². The lowest BCUT2D eigenvalue weighted by Gasteiger charge is -2.11. The molecule has 0 spiro atoms. The highest BCUT2D eigenvalue weighted by molar-refractivity contribution is 5.95. The molecule has 4 rings (SSSR count). The van der Waals surface area contributed by atoms with Gasteiger partial charge in [0.25, 0.3) is 0 Å². The Morgan fingerprint density at radius 2 is 2.00 bits per heavy atom. The van der Waals surface area contributed by atoms with Gasteiger partial charge < -0.3 is 14.3 Å². The summed E-state index contributed by atoms with van der Waals surface area (Å²) >= 11 is 0. The quantitative estimate of drug-likeness (QED) is 0.553. The van der Waals surface area contributed by atoms with E-state index in [2.05, 4.69) is 10.1 Å². The molecule has 1 N–H and O–H groups in total. The first-order chi connectivity index (χ1) is 13.9. The van der Waals surface area contributed by atoms with Crippen molar-refractivity contribution in [2.24, 2.45) is 7.05 Å². The third-order valence-electron chi connectivity index (χ3n) is 4.28. The Labute approximate surface area is 162 Å². The topological polar surface area (TPSA) is 107 Å². The molecule has 0 aliphatic carbocycles. The van der Waals surface area contributed by atoms with Gasteiger partial charge in [0.1, 0.15) is 35.5 Å². The fourth-order valence-corrected chi connectivity index (χ4v) is 2.86. The molecule has 0 radical (unpaired) electrons. The van der Waals surface area contributed by atoms with Gasteiger partial charge in [-0.15, -0.1) is 0 Å². The molecule has 0 bridgehead atoms. The Balaban J connectivity index is 1.82. The highest BCUT2D eigenvalue weighted by atomic mass is 19.1. The summed E-state index contributed by atoms with van der Waals surface area (Å²) in [6.45, 7) is 0.0168. The molecule has 0 aliphatic heterocycles. The smallest absolute Gasteiger partial charge is 0.335 e. The number of nitrogens with zero attached hydrogens (tertiary/aromatic N) is 3. The molecule has 146 valence electrons. The number of fused-ring (bicyclic) bond motifs is 1. The Bertz CT molecular complexity index is 1280. The SMILES string of the molecule is Cn1ncnc1-c1cc(=O)c2c(OCc3ccc(F)cc3)cc(C(=O)O)cc2o1. The number of hydrogen-bond acceptors (Lipinski definition) is 6. The Hall–Kier alpha value is -4.01. The van der Waals surface area contributed by atoms with Crippen LogP contribution in [0.5, 0.6) is 5.75 Å². The van der Waals surface area contributed by atoms with Crippen LogP contribution in [0.2, 0.25) is 0 Å². The van der Waals surface area contributed by atoms with E-state index in [1.165, 1.54) is 53.5 Å². The lowest BCUT2D eigenvalue weighted by atomic mass is 10.1. The van der Waals surface area contributed by atoms with Gasteiger partial charge in [0.2, 0.25) is 0 Å². The van der Waals surface area contributed by atoms with Gasteiger partial charge in [-0.05, 0) is 29.8 Å². The van der Waals surface area contributed by atoms with E-state index in [0.717, 1.165) is 0 Å². The third-order valence-corrected chi connectivity index (χ3v) is 4.28. The molecule has 29 heavy (non-hydrogen) atoms. The van der Waals surface area contributed by atoms with Gasteiger partial charge in [-0.3, -0.25) is 4.79 Å². The highest BCUT2D eigenvalue weighted by Crippen LogP contribution is 2.29. The van der Waals surface area contributed by atoms with Crippen LogP contribution >= 0.6 is 0 Å². The summed E-state index contributed by atoms with van der Waals surface area (Å²) < 4.78 is 25.9. The Morgan fingerprint density at radius 3 is 2.66 bits per heavy atom. The second kappa shape index (κ2) is 7.19. The van der Waals surface area contributed by atoms with Crippen molar-refractivity contribution < 1.29 is 23.4 Å². The van der Waals surface area contributed by atoms with Crippen LogP contribution in [0.4, 0.5) is 4.39 Å². The van der Waals surface area contributed by atoms with Crippen LogP contribution in [0.25, 0.3) is 22.6 Å². The van der Waals surface area contributed by atoms with Crippen LogP contribution in [-0.2, 0) is 13.7 Å². The van der Waals surface area contributed by atoms with E-state index in [9.17, 15) is 19.1 Å². The maximum atomic E-state index is 13.1. The largest absolute Gasteiger partial charge is 0.488 e. The van der Waals surface area contributed by atoms with Crippen molar-refractivity contribution in [3.05, 3.63) is 76.0 Å². The standard InChI is InChI=1S/C20H14FN3O5/c1-24-19(22-10-23-24)17-8-14(25)18-15(6-12(20(26)27)7-16(18)29-17)28-9-11-2-4-13(21)5-3-11/h2-8,10H,9H2,1H3,(H,26,27). The zero-order valence-electron chi connectivity index (χ0n) is 15.1. The fraction of sp³-hybridized carbons (Fsp3) is 0.100. The minimum Gasteiger partial charge on any atom is -0.488 e. The van der Waals surface area contributed by atoms with Gasteiger partial charge in [0.05, 0.1) is 5.56 Å². The summed E-state index contributed by atoms with van der Waals surface area (Å²) in [4.78, 5) is 28.3. The van der Waals surface area contributed by atoms with Crippen LogP contribution in [0.15, 0.2) is 58.0 Å². The Morgan fingerprint density at radius 1 is 1.24 bits per heavy atom. The van der Waals surface area contributed by atoms with Crippen LogP contribution in [0.1, 0.15) is 15.9 Å². The first-order valence-electron chi connectivity index (χ1n) is 8.49. The molecular formula is C20H14FN3O5. The van der Waals surface area contributed by atoms with Gasteiger partial charge in [0.15, 0.2) is 17.0 Å². The normalized spacial score (nSPS) is 11.0. The summed E-state index contributed by atoms with van der Waals surface area (Å²) in [6.07, 6.45) is 1.31. The maximum absolute atomic E-state index is 13.1. The first-order valence-corrected chi connectivity index (χ1v) is 8.49. The van der Waals surface area contributed by atoms with Gasteiger partial charge in [-0.25, -0.2) is 18.9 Å². The minimum atomic E-state index is -1.20. The first kappa shape index (κ1) is 18.4. The summed E-state index contributed by atoms with van der Waals surface area (Å²) in [6, 6.07) is 9.40. The number of hydrogen-bond donors (Lipinski definition) is 1. The number of aryl methyl sites for hydroxylation is 1. The molecule has 0 saturated carbocycles. The molecule has 0 amide bonds. The lowest BCUT2D eigenvalue weighted by Crippen LogP contribution is -2.08. The molecule has 2 aromatic carbocycles. The Kier molecular flexibility index (Phi) is 4.55. The van der Waals surface area contributed by atoms with E-state index < -0.39 is 11.4 Å². The number of benzene rings is 2. The predicted molar refractivity (Wildman–Crippen MR) is 100 cm³/mol.